The third-order valence-corrected chi connectivity index (χ3v) is 5.72. The molecule has 2 saturated heterocycles. The standard InChI is InChI=1S/C21H24N4O4/c1-28-18-6-2-5-16-17(13-29-20(16)18)21(27)23-14-7-9-24(11-14)12-19(26)25-8-3-4-15(25)10-22/h2,5-6,13-15H,3-4,7-9,11-12H2,1H3,(H,23,27). The summed E-state index contributed by atoms with van der Waals surface area (Å²) >= 11 is 0. The average molecular weight is 396 g/mol. The maximum Gasteiger partial charge on any atom is 0.255 e. The zero-order valence-corrected chi connectivity index (χ0v) is 16.4. The van der Waals surface area contributed by atoms with Gasteiger partial charge in [-0.25, -0.2) is 0 Å². The molecule has 1 aromatic heterocycles. The Labute approximate surface area is 169 Å². The van der Waals surface area contributed by atoms with Gasteiger partial charge in [-0.2, -0.15) is 5.26 Å². The number of nitrogens with one attached hydrogen (secondary N) is 1. The molecule has 2 fully saturated rings. The highest BCUT2D eigenvalue weighted by Gasteiger charge is 2.32. The number of rotatable bonds is 5. The Hall–Kier alpha value is -3.05. The first-order valence-corrected chi connectivity index (χ1v) is 9.87. The van der Waals surface area contributed by atoms with Crippen LogP contribution in [0.2, 0.25) is 0 Å². The van der Waals surface area contributed by atoms with Crippen LogP contribution in [0.5, 0.6) is 5.75 Å². The molecule has 2 aromatic rings. The summed E-state index contributed by atoms with van der Waals surface area (Å²) in [4.78, 5) is 29.0. The molecule has 2 amide bonds. The normalized spacial score (nSPS) is 22.0. The zero-order valence-electron chi connectivity index (χ0n) is 16.4. The second-order valence-electron chi connectivity index (χ2n) is 7.55. The van der Waals surface area contributed by atoms with Crippen molar-refractivity contribution in [2.45, 2.75) is 31.3 Å². The number of nitrogens with zero attached hydrogens (tertiary/aromatic N) is 3. The van der Waals surface area contributed by atoms with Crippen LogP contribution in [0, 0.1) is 11.3 Å². The molecule has 0 radical (unpaired) electrons. The third kappa shape index (κ3) is 3.78. The Balaban J connectivity index is 1.35. The van der Waals surface area contributed by atoms with Crippen molar-refractivity contribution < 1.29 is 18.7 Å². The third-order valence-electron chi connectivity index (χ3n) is 5.72. The molecular formula is C21H24N4O4. The first-order valence-electron chi connectivity index (χ1n) is 9.87. The van der Waals surface area contributed by atoms with E-state index in [1.54, 1.807) is 18.1 Å². The first-order chi connectivity index (χ1) is 14.1. The molecule has 0 aliphatic carbocycles. The summed E-state index contributed by atoms with van der Waals surface area (Å²) < 4.78 is 10.8. The van der Waals surface area contributed by atoms with Crippen molar-refractivity contribution in [2.75, 3.05) is 33.3 Å². The van der Waals surface area contributed by atoms with E-state index in [4.69, 9.17) is 14.4 Å². The van der Waals surface area contributed by atoms with E-state index >= 15 is 0 Å². The summed E-state index contributed by atoms with van der Waals surface area (Å²) in [5, 5.41) is 12.9. The number of fused-ring (bicyclic) bond motifs is 1. The van der Waals surface area contributed by atoms with Gasteiger partial charge in [0.25, 0.3) is 5.91 Å². The number of methoxy groups -OCH3 is 1. The minimum absolute atomic E-state index is 0.00560. The van der Waals surface area contributed by atoms with Crippen molar-refractivity contribution in [1.29, 1.82) is 5.26 Å². The van der Waals surface area contributed by atoms with Crippen LogP contribution in [-0.4, -0.2) is 67.0 Å². The van der Waals surface area contributed by atoms with E-state index in [-0.39, 0.29) is 30.4 Å². The maximum atomic E-state index is 12.8. The lowest BCUT2D eigenvalue weighted by molar-refractivity contribution is -0.132. The SMILES string of the molecule is COc1cccc2c(C(=O)NC3CCN(CC(=O)N4CCCC4C#N)C3)coc12. The molecule has 2 aliphatic rings. The van der Waals surface area contributed by atoms with Crippen LogP contribution in [0.25, 0.3) is 11.0 Å². The molecule has 0 saturated carbocycles. The summed E-state index contributed by atoms with van der Waals surface area (Å²) in [7, 11) is 1.56. The van der Waals surface area contributed by atoms with Crippen LogP contribution in [0.4, 0.5) is 0 Å². The van der Waals surface area contributed by atoms with Crippen LogP contribution in [0.1, 0.15) is 29.6 Å². The molecule has 1 aromatic carbocycles. The molecule has 29 heavy (non-hydrogen) atoms. The highest BCUT2D eigenvalue weighted by molar-refractivity contribution is 6.07. The summed E-state index contributed by atoms with van der Waals surface area (Å²) in [5.41, 5.74) is 1.03. The number of carbonyl (C=O) groups excluding carboxylic acids is 2. The molecule has 8 heteroatoms. The Morgan fingerprint density at radius 2 is 2.21 bits per heavy atom. The smallest absolute Gasteiger partial charge is 0.255 e. The second kappa shape index (κ2) is 8.13. The zero-order chi connectivity index (χ0) is 20.4. The summed E-state index contributed by atoms with van der Waals surface area (Å²) in [6.07, 6.45) is 3.87. The number of ether oxygens (including phenoxy) is 1. The molecule has 0 bridgehead atoms. The highest BCUT2D eigenvalue weighted by atomic mass is 16.5. The van der Waals surface area contributed by atoms with Gasteiger partial charge in [-0.1, -0.05) is 12.1 Å². The average Bonchev–Trinajstić information content (AvgIpc) is 3.46. The highest BCUT2D eigenvalue weighted by Crippen LogP contribution is 2.29. The van der Waals surface area contributed by atoms with Crippen molar-refractivity contribution in [3.05, 3.63) is 30.0 Å². The molecular weight excluding hydrogens is 372 g/mol. The number of para-hydroxylation sites is 1. The Morgan fingerprint density at radius 3 is 3.00 bits per heavy atom. The molecule has 2 unspecified atom stereocenters. The number of amides is 2. The molecule has 152 valence electrons. The van der Waals surface area contributed by atoms with Gasteiger partial charge in [-0.15, -0.1) is 0 Å². The van der Waals surface area contributed by atoms with E-state index < -0.39 is 0 Å². The summed E-state index contributed by atoms with van der Waals surface area (Å²) in [5.74, 6) is 0.387. The second-order valence-corrected chi connectivity index (χ2v) is 7.55. The molecule has 4 rings (SSSR count). The first kappa shape index (κ1) is 19.3. The van der Waals surface area contributed by atoms with Gasteiger partial charge in [0.05, 0.1) is 25.3 Å². The predicted molar refractivity (Wildman–Crippen MR) is 105 cm³/mol. The number of hydrogen-bond donors (Lipinski definition) is 1. The maximum absolute atomic E-state index is 12.8. The van der Waals surface area contributed by atoms with E-state index in [0.29, 0.717) is 35.4 Å². The minimum atomic E-state index is -0.299. The lowest BCUT2D eigenvalue weighted by Gasteiger charge is -2.23. The van der Waals surface area contributed by atoms with Crippen molar-refractivity contribution in [3.63, 3.8) is 0 Å². The van der Waals surface area contributed by atoms with Crippen molar-refractivity contribution in [3.8, 4) is 11.8 Å². The Bertz CT molecular complexity index is 963. The molecule has 8 nitrogen and oxygen atoms in total. The van der Waals surface area contributed by atoms with E-state index in [1.807, 2.05) is 17.0 Å². The van der Waals surface area contributed by atoms with Crippen LogP contribution < -0.4 is 10.1 Å². The molecule has 1 N–H and O–H groups in total. The molecule has 0 spiro atoms. The van der Waals surface area contributed by atoms with Gasteiger partial charge in [-0.05, 0) is 25.3 Å². The van der Waals surface area contributed by atoms with Gasteiger partial charge in [0.15, 0.2) is 11.3 Å². The quantitative estimate of drug-likeness (QED) is 0.827. The van der Waals surface area contributed by atoms with Crippen LogP contribution >= 0.6 is 0 Å². The summed E-state index contributed by atoms with van der Waals surface area (Å²) in [6.45, 7) is 2.29. The largest absolute Gasteiger partial charge is 0.493 e. The van der Waals surface area contributed by atoms with E-state index in [0.717, 1.165) is 25.8 Å². The van der Waals surface area contributed by atoms with E-state index in [2.05, 4.69) is 11.4 Å². The van der Waals surface area contributed by atoms with Crippen LogP contribution in [0.3, 0.4) is 0 Å². The molecule has 3 heterocycles. The minimum Gasteiger partial charge on any atom is -0.493 e. The van der Waals surface area contributed by atoms with Crippen LogP contribution in [0.15, 0.2) is 28.9 Å². The number of benzene rings is 1. The number of carbonyl (C=O) groups is 2. The number of furan rings is 1. The molecule has 2 aliphatic heterocycles. The summed E-state index contributed by atoms with van der Waals surface area (Å²) in [6, 6.07) is 7.32. The predicted octanol–water partition coefficient (Wildman–Crippen LogP) is 1.76. The van der Waals surface area contributed by atoms with Crippen molar-refractivity contribution >= 4 is 22.8 Å². The number of hydrogen-bond acceptors (Lipinski definition) is 6. The van der Waals surface area contributed by atoms with Gasteiger partial charge in [-0.3, -0.25) is 14.5 Å². The van der Waals surface area contributed by atoms with Gasteiger partial charge in [0.1, 0.15) is 12.3 Å². The van der Waals surface area contributed by atoms with Gasteiger partial charge >= 0.3 is 0 Å². The Kier molecular flexibility index (Phi) is 5.41. The lowest BCUT2D eigenvalue weighted by Crippen LogP contribution is -2.43. The van der Waals surface area contributed by atoms with Crippen molar-refractivity contribution in [1.82, 2.24) is 15.1 Å². The fourth-order valence-corrected chi connectivity index (χ4v) is 4.21. The topological polar surface area (TPSA) is 98.8 Å². The lowest BCUT2D eigenvalue weighted by atomic mass is 10.1. The van der Waals surface area contributed by atoms with Gasteiger partial charge in [0, 0.05) is 31.1 Å². The van der Waals surface area contributed by atoms with E-state index in [9.17, 15) is 9.59 Å². The number of nitriles is 1. The molecule has 2 atom stereocenters. The monoisotopic (exact) mass is 396 g/mol. The number of likely N-dealkylation sites (tertiary alicyclic amines) is 2. The Morgan fingerprint density at radius 1 is 1.34 bits per heavy atom. The fourth-order valence-electron chi connectivity index (χ4n) is 4.21. The van der Waals surface area contributed by atoms with Gasteiger partial charge < -0.3 is 19.4 Å². The van der Waals surface area contributed by atoms with Gasteiger partial charge in [0.2, 0.25) is 5.91 Å². The fraction of sp³-hybridized carbons (Fsp3) is 0.476. The van der Waals surface area contributed by atoms with E-state index in [1.165, 1.54) is 6.26 Å². The van der Waals surface area contributed by atoms with Crippen molar-refractivity contribution in [2.24, 2.45) is 0 Å². The van der Waals surface area contributed by atoms with Crippen LogP contribution in [-0.2, 0) is 4.79 Å².